The average molecular weight is 324 g/mol. The highest BCUT2D eigenvalue weighted by molar-refractivity contribution is 7.13. The monoisotopic (exact) mass is 323 g/mol. The van der Waals surface area contributed by atoms with E-state index < -0.39 is 0 Å². The van der Waals surface area contributed by atoms with Crippen LogP contribution in [0.5, 0.6) is 0 Å². The normalized spacial score (nSPS) is 16.9. The Morgan fingerprint density at radius 2 is 2.14 bits per heavy atom. The summed E-state index contributed by atoms with van der Waals surface area (Å²) in [4.78, 5) is 17.6. The average Bonchev–Trinajstić information content (AvgIpc) is 2.74. The second-order valence-electron chi connectivity index (χ2n) is 6.24. The Bertz CT molecular complexity index is 723. The smallest absolute Gasteiger partial charge is 0.175 e. The molecule has 1 aliphatic rings. The number of fused-ring (bicyclic) bond motifs is 1. The molecule has 0 spiro atoms. The first-order valence-corrected chi connectivity index (χ1v) is 7.99. The van der Waals surface area contributed by atoms with Gasteiger partial charge in [-0.2, -0.15) is 0 Å². The fourth-order valence-corrected chi connectivity index (χ4v) is 3.95. The van der Waals surface area contributed by atoms with E-state index in [4.69, 9.17) is 11.6 Å². The van der Waals surface area contributed by atoms with E-state index in [9.17, 15) is 9.18 Å². The third-order valence-corrected chi connectivity index (χ3v) is 5.13. The second-order valence-corrected chi connectivity index (χ2v) is 7.73. The van der Waals surface area contributed by atoms with Crippen molar-refractivity contribution in [3.63, 3.8) is 0 Å². The van der Waals surface area contributed by atoms with Gasteiger partial charge in [0.25, 0.3) is 0 Å². The molecule has 0 saturated heterocycles. The Morgan fingerprint density at radius 3 is 2.86 bits per heavy atom. The van der Waals surface area contributed by atoms with Crippen LogP contribution in [0.3, 0.4) is 0 Å². The number of rotatable bonds is 2. The van der Waals surface area contributed by atoms with Gasteiger partial charge in [-0.25, -0.2) is 9.37 Å². The van der Waals surface area contributed by atoms with Gasteiger partial charge in [0.15, 0.2) is 5.78 Å². The molecule has 0 radical (unpaired) electrons. The van der Waals surface area contributed by atoms with Gasteiger partial charge in [0.1, 0.15) is 5.82 Å². The van der Waals surface area contributed by atoms with Crippen LogP contribution in [0.2, 0.25) is 5.02 Å². The molecule has 0 atom stereocenters. The summed E-state index contributed by atoms with van der Waals surface area (Å²) < 4.78 is 13.1. The first-order chi connectivity index (χ1) is 9.84. The summed E-state index contributed by atoms with van der Waals surface area (Å²) in [6.45, 7) is 4.17. The molecule has 5 heteroatoms. The van der Waals surface area contributed by atoms with Gasteiger partial charge in [-0.15, -0.1) is 11.3 Å². The molecule has 2 aromatic rings. The van der Waals surface area contributed by atoms with Crippen LogP contribution in [0.4, 0.5) is 4.39 Å². The van der Waals surface area contributed by atoms with Crippen molar-refractivity contribution in [3.05, 3.63) is 50.2 Å². The van der Waals surface area contributed by atoms with Gasteiger partial charge in [-0.1, -0.05) is 31.5 Å². The molecule has 1 aromatic heterocycles. The van der Waals surface area contributed by atoms with E-state index in [0.29, 0.717) is 17.9 Å². The highest BCUT2D eigenvalue weighted by atomic mass is 35.5. The lowest BCUT2D eigenvalue weighted by Gasteiger charge is -2.26. The maximum atomic E-state index is 13.1. The molecule has 0 bridgehead atoms. The molecule has 0 aliphatic heterocycles. The lowest BCUT2D eigenvalue weighted by Crippen LogP contribution is -2.26. The maximum Gasteiger partial charge on any atom is 0.175 e. The summed E-state index contributed by atoms with van der Waals surface area (Å²) in [6.07, 6.45) is 1.92. The Labute approximate surface area is 132 Å². The Kier molecular flexibility index (Phi) is 3.62. The summed E-state index contributed by atoms with van der Waals surface area (Å²) in [5.41, 5.74) is 1.70. The highest BCUT2D eigenvalue weighted by Crippen LogP contribution is 2.37. The molecule has 3 rings (SSSR count). The number of benzene rings is 1. The van der Waals surface area contributed by atoms with Crippen LogP contribution >= 0.6 is 22.9 Å². The van der Waals surface area contributed by atoms with Crippen molar-refractivity contribution in [2.45, 2.75) is 33.1 Å². The van der Waals surface area contributed by atoms with Gasteiger partial charge in [-0.3, -0.25) is 4.79 Å². The van der Waals surface area contributed by atoms with Crippen molar-refractivity contribution in [2.75, 3.05) is 0 Å². The van der Waals surface area contributed by atoms with E-state index in [-0.39, 0.29) is 17.0 Å². The minimum absolute atomic E-state index is 0.0249. The molecular weight excluding hydrogens is 309 g/mol. The van der Waals surface area contributed by atoms with Gasteiger partial charge in [0.2, 0.25) is 0 Å². The molecule has 21 heavy (non-hydrogen) atoms. The summed E-state index contributed by atoms with van der Waals surface area (Å²) in [7, 11) is 0. The van der Waals surface area contributed by atoms with Crippen LogP contribution in [0.1, 0.15) is 46.2 Å². The Morgan fingerprint density at radius 1 is 1.38 bits per heavy atom. The van der Waals surface area contributed by atoms with Crippen molar-refractivity contribution >= 4 is 28.7 Å². The van der Waals surface area contributed by atoms with Gasteiger partial charge < -0.3 is 0 Å². The van der Waals surface area contributed by atoms with Crippen molar-refractivity contribution in [2.24, 2.45) is 5.41 Å². The number of thiazole rings is 1. The maximum absolute atomic E-state index is 13.1. The number of Topliss-reactive ketones (excluding diaryl/α,β-unsaturated/α-hetero) is 1. The van der Waals surface area contributed by atoms with Gasteiger partial charge in [-0.05, 0) is 29.5 Å². The molecule has 0 amide bonds. The SMILES string of the molecule is CC1(C)CC(=O)c2sc(Cc3ccc(F)cc3Cl)nc2C1. The number of hydrogen-bond acceptors (Lipinski definition) is 3. The zero-order valence-electron chi connectivity index (χ0n) is 11.9. The van der Waals surface area contributed by atoms with E-state index >= 15 is 0 Å². The van der Waals surface area contributed by atoms with E-state index in [1.807, 2.05) is 0 Å². The lowest BCUT2D eigenvalue weighted by molar-refractivity contribution is 0.0916. The molecule has 1 heterocycles. The standard InChI is InChI=1S/C16H15ClFNOS/c1-16(2)7-12-15(13(20)8-16)21-14(19-12)5-9-3-4-10(18)6-11(9)17/h3-4,6H,5,7-8H2,1-2H3. The van der Waals surface area contributed by atoms with E-state index in [1.54, 1.807) is 6.07 Å². The fourth-order valence-electron chi connectivity index (χ4n) is 2.67. The molecule has 0 unspecified atom stereocenters. The van der Waals surface area contributed by atoms with Crippen LogP contribution < -0.4 is 0 Å². The Balaban J connectivity index is 1.90. The molecule has 110 valence electrons. The molecule has 1 aliphatic carbocycles. The number of nitrogens with zero attached hydrogens (tertiary/aromatic N) is 1. The number of carbonyl (C=O) groups is 1. The number of halogens is 2. The first kappa shape index (κ1) is 14.7. The van der Waals surface area contributed by atoms with Gasteiger partial charge in [0.05, 0.1) is 15.6 Å². The first-order valence-electron chi connectivity index (χ1n) is 6.80. The zero-order valence-corrected chi connectivity index (χ0v) is 13.4. The molecule has 0 saturated carbocycles. The van der Waals surface area contributed by atoms with Crippen LogP contribution in [-0.4, -0.2) is 10.8 Å². The topological polar surface area (TPSA) is 30.0 Å². The predicted octanol–water partition coefficient (Wildman–Crippen LogP) is 4.68. The largest absolute Gasteiger partial charge is 0.293 e. The predicted molar refractivity (Wildman–Crippen MR) is 82.8 cm³/mol. The highest BCUT2D eigenvalue weighted by Gasteiger charge is 2.33. The van der Waals surface area contributed by atoms with Crippen molar-refractivity contribution in [1.82, 2.24) is 4.98 Å². The van der Waals surface area contributed by atoms with Gasteiger partial charge >= 0.3 is 0 Å². The van der Waals surface area contributed by atoms with Crippen LogP contribution in [0, 0.1) is 11.2 Å². The lowest BCUT2D eigenvalue weighted by atomic mass is 9.78. The van der Waals surface area contributed by atoms with Crippen molar-refractivity contribution in [1.29, 1.82) is 0 Å². The summed E-state index contributed by atoms with van der Waals surface area (Å²) in [5.74, 6) is -0.172. The minimum atomic E-state index is -0.348. The van der Waals surface area contributed by atoms with E-state index in [2.05, 4.69) is 18.8 Å². The summed E-state index contributed by atoms with van der Waals surface area (Å²) in [6, 6.07) is 4.37. The number of ketones is 1. The summed E-state index contributed by atoms with van der Waals surface area (Å²) in [5, 5.41) is 1.26. The zero-order chi connectivity index (χ0) is 15.2. The van der Waals surface area contributed by atoms with E-state index in [1.165, 1.54) is 23.5 Å². The summed E-state index contributed by atoms with van der Waals surface area (Å²) >= 11 is 7.49. The van der Waals surface area contributed by atoms with Crippen molar-refractivity contribution < 1.29 is 9.18 Å². The number of aromatic nitrogens is 1. The van der Waals surface area contributed by atoms with Crippen LogP contribution in [-0.2, 0) is 12.8 Å². The third-order valence-electron chi connectivity index (χ3n) is 3.64. The fraction of sp³-hybridized carbons (Fsp3) is 0.375. The van der Waals surface area contributed by atoms with Crippen molar-refractivity contribution in [3.8, 4) is 0 Å². The van der Waals surface area contributed by atoms with Crippen LogP contribution in [0.15, 0.2) is 18.2 Å². The molecule has 0 fully saturated rings. The minimum Gasteiger partial charge on any atom is -0.293 e. The number of carbonyl (C=O) groups excluding carboxylic acids is 1. The quantitative estimate of drug-likeness (QED) is 0.803. The number of hydrogen-bond donors (Lipinski definition) is 0. The van der Waals surface area contributed by atoms with Gasteiger partial charge in [0, 0.05) is 17.9 Å². The second kappa shape index (κ2) is 5.18. The molecule has 1 aromatic carbocycles. The van der Waals surface area contributed by atoms with Crippen LogP contribution in [0.25, 0.3) is 0 Å². The molecule has 0 N–H and O–H groups in total. The third kappa shape index (κ3) is 3.01. The van der Waals surface area contributed by atoms with E-state index in [0.717, 1.165) is 27.6 Å². The molecular formula is C16H15ClFNOS. The Hall–Kier alpha value is -1.26. The molecule has 2 nitrogen and oxygen atoms in total.